The quantitative estimate of drug-likeness (QED) is 0.469. The number of primary amides is 1. The van der Waals surface area contributed by atoms with Crippen molar-refractivity contribution in [3.8, 4) is 11.5 Å². The molecule has 0 aliphatic carbocycles. The molecule has 102 valence electrons. The van der Waals surface area contributed by atoms with Crippen molar-refractivity contribution >= 4 is 17.8 Å². The molecule has 2 amide bonds. The highest BCUT2D eigenvalue weighted by atomic mass is 16.4. The molecule has 1 aromatic rings. The number of aliphatic carboxylic acids is 1. The molecule has 0 heterocycles. The van der Waals surface area contributed by atoms with Gasteiger partial charge in [-0.25, -0.2) is 4.79 Å². The first kappa shape index (κ1) is 14.3. The van der Waals surface area contributed by atoms with Crippen LogP contribution in [0.2, 0.25) is 0 Å². The number of aromatic hydroxyl groups is 2. The fourth-order valence-electron chi connectivity index (χ4n) is 1.35. The molecule has 1 atom stereocenters. The molecule has 0 spiro atoms. The van der Waals surface area contributed by atoms with Crippen LogP contribution in [0.15, 0.2) is 18.2 Å². The number of hydrogen-bond acceptors (Lipinski definition) is 5. The van der Waals surface area contributed by atoms with E-state index >= 15 is 0 Å². The van der Waals surface area contributed by atoms with E-state index in [9.17, 15) is 19.5 Å². The molecule has 8 heteroatoms. The van der Waals surface area contributed by atoms with Crippen molar-refractivity contribution in [1.82, 2.24) is 5.32 Å². The number of carboxylic acids is 1. The molecule has 8 nitrogen and oxygen atoms in total. The Morgan fingerprint density at radius 3 is 2.37 bits per heavy atom. The standard InChI is InChI=1S/C11H12N2O6/c12-9(16)4-7(11(18)19)13-10(17)6-2-1-5(14)3-8(6)15/h1-3,7,14-15H,4H2,(H2,12,16)(H,13,17)(H,18,19)/t7-/m0/s1. The van der Waals surface area contributed by atoms with Crippen molar-refractivity contribution in [3.63, 3.8) is 0 Å². The second kappa shape index (κ2) is 5.71. The Bertz CT molecular complexity index is 528. The van der Waals surface area contributed by atoms with Crippen molar-refractivity contribution in [2.24, 2.45) is 5.73 Å². The van der Waals surface area contributed by atoms with Gasteiger partial charge in [-0.05, 0) is 12.1 Å². The Morgan fingerprint density at radius 2 is 1.89 bits per heavy atom. The maximum atomic E-state index is 11.7. The molecule has 0 saturated heterocycles. The average molecular weight is 268 g/mol. The van der Waals surface area contributed by atoms with Crippen molar-refractivity contribution in [1.29, 1.82) is 0 Å². The van der Waals surface area contributed by atoms with Crippen LogP contribution in [0.3, 0.4) is 0 Å². The third-order valence-electron chi connectivity index (χ3n) is 2.23. The number of carboxylic acid groups (broad SMARTS) is 1. The van der Waals surface area contributed by atoms with E-state index in [4.69, 9.17) is 15.9 Å². The molecule has 0 aliphatic rings. The van der Waals surface area contributed by atoms with E-state index in [1.54, 1.807) is 0 Å². The monoisotopic (exact) mass is 268 g/mol. The minimum Gasteiger partial charge on any atom is -0.508 e. The van der Waals surface area contributed by atoms with Crippen LogP contribution >= 0.6 is 0 Å². The van der Waals surface area contributed by atoms with Gasteiger partial charge < -0.3 is 26.4 Å². The van der Waals surface area contributed by atoms with E-state index in [1.807, 2.05) is 5.32 Å². The first-order valence-corrected chi connectivity index (χ1v) is 5.15. The largest absolute Gasteiger partial charge is 0.508 e. The van der Waals surface area contributed by atoms with Gasteiger partial charge in [0.15, 0.2) is 0 Å². The Morgan fingerprint density at radius 1 is 1.26 bits per heavy atom. The molecule has 0 bridgehead atoms. The minimum absolute atomic E-state index is 0.228. The first-order valence-electron chi connectivity index (χ1n) is 5.15. The molecular formula is C11H12N2O6. The second-order valence-corrected chi connectivity index (χ2v) is 3.74. The number of carbonyl (C=O) groups is 3. The first-order chi connectivity index (χ1) is 8.81. The van der Waals surface area contributed by atoms with Gasteiger partial charge in [-0.15, -0.1) is 0 Å². The zero-order valence-electron chi connectivity index (χ0n) is 9.66. The summed E-state index contributed by atoms with van der Waals surface area (Å²) in [6, 6.07) is 1.71. The van der Waals surface area contributed by atoms with Crippen LogP contribution < -0.4 is 11.1 Å². The van der Waals surface area contributed by atoms with Gasteiger partial charge in [0.1, 0.15) is 17.5 Å². The summed E-state index contributed by atoms with van der Waals surface area (Å²) in [6.07, 6.45) is -0.570. The minimum atomic E-state index is -1.49. The van der Waals surface area contributed by atoms with E-state index in [0.29, 0.717) is 0 Å². The van der Waals surface area contributed by atoms with Crippen molar-refractivity contribution in [2.75, 3.05) is 0 Å². The van der Waals surface area contributed by atoms with Crippen LogP contribution in [-0.4, -0.2) is 39.1 Å². The summed E-state index contributed by atoms with van der Waals surface area (Å²) in [7, 11) is 0. The van der Waals surface area contributed by atoms with Gasteiger partial charge in [-0.3, -0.25) is 9.59 Å². The number of phenolic OH excluding ortho intramolecular Hbond substituents is 2. The van der Waals surface area contributed by atoms with E-state index in [1.165, 1.54) is 0 Å². The maximum absolute atomic E-state index is 11.7. The van der Waals surface area contributed by atoms with Crippen LogP contribution in [0.5, 0.6) is 11.5 Å². The Balaban J connectivity index is 2.87. The molecule has 0 fully saturated rings. The lowest BCUT2D eigenvalue weighted by atomic mass is 10.1. The molecule has 0 aliphatic heterocycles. The fourth-order valence-corrected chi connectivity index (χ4v) is 1.35. The molecule has 1 aromatic carbocycles. The zero-order valence-corrected chi connectivity index (χ0v) is 9.66. The smallest absolute Gasteiger partial charge is 0.326 e. The SMILES string of the molecule is NC(=O)C[C@H](NC(=O)c1ccc(O)cc1O)C(=O)O. The van der Waals surface area contributed by atoms with Crippen LogP contribution in [-0.2, 0) is 9.59 Å². The van der Waals surface area contributed by atoms with E-state index < -0.39 is 36.0 Å². The summed E-state index contributed by atoms with van der Waals surface area (Å²) in [5, 5.41) is 29.3. The summed E-state index contributed by atoms with van der Waals surface area (Å²) < 4.78 is 0. The zero-order chi connectivity index (χ0) is 14.6. The van der Waals surface area contributed by atoms with Gasteiger partial charge in [-0.1, -0.05) is 0 Å². The predicted octanol–water partition coefficient (Wildman–Crippen LogP) is -0.844. The number of carbonyl (C=O) groups excluding carboxylic acids is 2. The van der Waals surface area contributed by atoms with Crippen molar-refractivity contribution in [2.45, 2.75) is 12.5 Å². The Hall–Kier alpha value is -2.77. The molecule has 19 heavy (non-hydrogen) atoms. The molecule has 0 radical (unpaired) electrons. The van der Waals surface area contributed by atoms with E-state index in [2.05, 4.69) is 0 Å². The van der Waals surface area contributed by atoms with Crippen molar-refractivity contribution in [3.05, 3.63) is 23.8 Å². The lowest BCUT2D eigenvalue weighted by Gasteiger charge is -2.13. The number of amides is 2. The number of nitrogens with two attached hydrogens (primary N) is 1. The lowest BCUT2D eigenvalue weighted by Crippen LogP contribution is -2.43. The third-order valence-corrected chi connectivity index (χ3v) is 2.23. The third kappa shape index (κ3) is 3.87. The van der Waals surface area contributed by atoms with E-state index in [-0.39, 0.29) is 11.3 Å². The highest BCUT2D eigenvalue weighted by molar-refractivity contribution is 5.99. The highest BCUT2D eigenvalue weighted by Gasteiger charge is 2.23. The summed E-state index contributed by atoms with van der Waals surface area (Å²) in [5.41, 5.74) is 4.63. The van der Waals surface area contributed by atoms with E-state index in [0.717, 1.165) is 18.2 Å². The van der Waals surface area contributed by atoms with Crippen molar-refractivity contribution < 1.29 is 29.7 Å². The summed E-state index contributed by atoms with van der Waals surface area (Å²) in [4.78, 5) is 33.2. The fraction of sp³-hybridized carbons (Fsp3) is 0.182. The summed E-state index contributed by atoms with van der Waals surface area (Å²) in [6.45, 7) is 0. The highest BCUT2D eigenvalue weighted by Crippen LogP contribution is 2.22. The van der Waals surface area contributed by atoms with Crippen LogP contribution in [0.4, 0.5) is 0 Å². The molecule has 6 N–H and O–H groups in total. The lowest BCUT2D eigenvalue weighted by molar-refractivity contribution is -0.140. The molecule has 0 unspecified atom stereocenters. The summed E-state index contributed by atoms with van der Waals surface area (Å²) in [5.74, 6) is -3.97. The van der Waals surface area contributed by atoms with Gasteiger partial charge in [0.05, 0.1) is 12.0 Å². The van der Waals surface area contributed by atoms with Gasteiger partial charge in [-0.2, -0.15) is 0 Å². The number of phenols is 2. The average Bonchev–Trinajstić information content (AvgIpc) is 2.26. The second-order valence-electron chi connectivity index (χ2n) is 3.74. The summed E-state index contributed by atoms with van der Waals surface area (Å²) >= 11 is 0. The van der Waals surface area contributed by atoms with Crippen LogP contribution in [0.1, 0.15) is 16.8 Å². The molecule has 0 saturated carbocycles. The molecular weight excluding hydrogens is 256 g/mol. The maximum Gasteiger partial charge on any atom is 0.326 e. The van der Waals surface area contributed by atoms with Crippen LogP contribution in [0, 0.1) is 0 Å². The normalized spacial score (nSPS) is 11.6. The van der Waals surface area contributed by atoms with Gasteiger partial charge in [0.25, 0.3) is 5.91 Å². The topological polar surface area (TPSA) is 150 Å². The Labute approximate surface area is 107 Å². The number of rotatable bonds is 5. The van der Waals surface area contributed by atoms with Crippen LogP contribution in [0.25, 0.3) is 0 Å². The number of hydrogen-bond donors (Lipinski definition) is 5. The predicted molar refractivity (Wildman–Crippen MR) is 62.5 cm³/mol. The molecule has 1 rings (SSSR count). The van der Waals surface area contributed by atoms with Gasteiger partial charge >= 0.3 is 5.97 Å². The van der Waals surface area contributed by atoms with Gasteiger partial charge in [0.2, 0.25) is 5.91 Å². The number of benzene rings is 1. The van der Waals surface area contributed by atoms with Gasteiger partial charge in [0, 0.05) is 6.07 Å². The Kier molecular flexibility index (Phi) is 4.30. The number of nitrogens with one attached hydrogen (secondary N) is 1. The molecule has 0 aromatic heterocycles.